The van der Waals surface area contributed by atoms with Gasteiger partial charge in [0, 0.05) is 0 Å². The van der Waals surface area contributed by atoms with Gasteiger partial charge in [-0.05, 0) is 12.0 Å². The van der Waals surface area contributed by atoms with Crippen molar-refractivity contribution < 1.29 is 8.42 Å². The Morgan fingerprint density at radius 2 is 1.90 bits per heavy atom. The van der Waals surface area contributed by atoms with E-state index in [9.17, 15) is 13.7 Å². The van der Waals surface area contributed by atoms with Gasteiger partial charge < -0.3 is 0 Å². The van der Waals surface area contributed by atoms with Gasteiger partial charge in [0.25, 0.3) is 0 Å². The second kappa shape index (κ2) is 7.04. The number of hydrogen-bond acceptors (Lipinski definition) is 4. The van der Waals surface area contributed by atoms with Crippen LogP contribution in [-0.4, -0.2) is 15.0 Å². The van der Waals surface area contributed by atoms with Crippen molar-refractivity contribution in [3.05, 3.63) is 35.9 Å². The number of hydrogen-bond donors (Lipinski definition) is 1. The second-order valence-electron chi connectivity index (χ2n) is 4.39. The third kappa shape index (κ3) is 3.16. The molecule has 1 N–H and O–H groups in total. The van der Waals surface area contributed by atoms with Crippen LogP contribution in [0.15, 0.2) is 30.3 Å². The SMILES string of the molecule is CCCCC(C#N)(c1ccccc1)S(=O)(=O)NCC#N. The van der Waals surface area contributed by atoms with Crippen LogP contribution in [-0.2, 0) is 14.8 Å². The van der Waals surface area contributed by atoms with E-state index in [4.69, 9.17) is 5.26 Å². The van der Waals surface area contributed by atoms with Gasteiger partial charge in [-0.15, -0.1) is 0 Å². The summed E-state index contributed by atoms with van der Waals surface area (Å²) in [4.78, 5) is 0. The van der Waals surface area contributed by atoms with Gasteiger partial charge in [-0.1, -0.05) is 50.1 Å². The van der Waals surface area contributed by atoms with E-state index in [1.165, 1.54) is 0 Å². The molecule has 0 radical (unpaired) electrons. The zero-order valence-corrected chi connectivity index (χ0v) is 12.2. The molecule has 20 heavy (non-hydrogen) atoms. The molecule has 0 aliphatic rings. The Bertz CT molecular complexity index is 614. The van der Waals surface area contributed by atoms with E-state index in [-0.39, 0.29) is 13.0 Å². The normalized spacial score (nSPS) is 13.9. The summed E-state index contributed by atoms with van der Waals surface area (Å²) >= 11 is 0. The molecule has 1 aromatic carbocycles. The van der Waals surface area contributed by atoms with E-state index in [1.807, 2.05) is 13.0 Å². The highest BCUT2D eigenvalue weighted by Gasteiger charge is 2.45. The molecule has 0 bridgehead atoms. The van der Waals surface area contributed by atoms with Crippen molar-refractivity contribution in [2.45, 2.75) is 30.9 Å². The molecule has 0 saturated carbocycles. The molecular formula is C14H17N3O2S. The van der Waals surface area contributed by atoms with Crippen molar-refractivity contribution in [1.82, 2.24) is 4.72 Å². The molecule has 0 aliphatic heterocycles. The lowest BCUT2D eigenvalue weighted by atomic mass is 9.94. The lowest BCUT2D eigenvalue weighted by molar-refractivity contribution is 0.525. The van der Waals surface area contributed by atoms with Gasteiger partial charge in [-0.3, -0.25) is 0 Å². The van der Waals surface area contributed by atoms with Crippen LogP contribution >= 0.6 is 0 Å². The highest BCUT2D eigenvalue weighted by Crippen LogP contribution is 2.34. The minimum Gasteiger partial charge on any atom is -0.210 e. The van der Waals surface area contributed by atoms with Gasteiger partial charge in [0.15, 0.2) is 4.75 Å². The number of benzene rings is 1. The third-order valence-electron chi connectivity index (χ3n) is 3.10. The first-order valence-electron chi connectivity index (χ1n) is 6.37. The molecule has 1 rings (SSSR count). The van der Waals surface area contributed by atoms with Gasteiger partial charge in [-0.25, -0.2) is 8.42 Å². The molecule has 6 heteroatoms. The Kier molecular flexibility index (Phi) is 5.69. The Balaban J connectivity index is 3.35. The first-order chi connectivity index (χ1) is 9.54. The smallest absolute Gasteiger partial charge is 0.210 e. The maximum Gasteiger partial charge on any atom is 0.236 e. The van der Waals surface area contributed by atoms with Crippen molar-refractivity contribution in [1.29, 1.82) is 10.5 Å². The van der Waals surface area contributed by atoms with E-state index < -0.39 is 14.8 Å². The first-order valence-corrected chi connectivity index (χ1v) is 7.85. The minimum atomic E-state index is -3.96. The van der Waals surface area contributed by atoms with Gasteiger partial charge in [0.05, 0.1) is 18.7 Å². The van der Waals surface area contributed by atoms with E-state index in [0.717, 1.165) is 6.42 Å². The lowest BCUT2D eigenvalue weighted by Crippen LogP contribution is -2.43. The highest BCUT2D eigenvalue weighted by molar-refractivity contribution is 7.90. The second-order valence-corrected chi connectivity index (χ2v) is 6.38. The van der Waals surface area contributed by atoms with Crippen LogP contribution < -0.4 is 4.72 Å². The molecule has 0 fully saturated rings. The largest absolute Gasteiger partial charge is 0.236 e. The monoisotopic (exact) mass is 291 g/mol. The molecule has 1 aromatic rings. The van der Waals surface area contributed by atoms with Gasteiger partial charge >= 0.3 is 0 Å². The Morgan fingerprint density at radius 3 is 2.40 bits per heavy atom. The van der Waals surface area contributed by atoms with Gasteiger partial charge in [0.1, 0.15) is 0 Å². The van der Waals surface area contributed by atoms with Crippen LogP contribution in [0.3, 0.4) is 0 Å². The summed E-state index contributed by atoms with van der Waals surface area (Å²) in [5.41, 5.74) is 0.432. The molecule has 0 heterocycles. The third-order valence-corrected chi connectivity index (χ3v) is 5.08. The van der Waals surface area contributed by atoms with Crippen LogP contribution in [0.4, 0.5) is 0 Å². The maximum atomic E-state index is 12.5. The molecule has 0 aliphatic carbocycles. The highest BCUT2D eigenvalue weighted by atomic mass is 32.2. The van der Waals surface area contributed by atoms with Crippen molar-refractivity contribution in [3.63, 3.8) is 0 Å². The van der Waals surface area contributed by atoms with Crippen LogP contribution in [0.2, 0.25) is 0 Å². The van der Waals surface area contributed by atoms with Crippen LogP contribution in [0.5, 0.6) is 0 Å². The van der Waals surface area contributed by atoms with Crippen LogP contribution in [0.25, 0.3) is 0 Å². The Labute approximate surface area is 119 Å². The van der Waals surface area contributed by atoms with Crippen molar-refractivity contribution in [2.24, 2.45) is 0 Å². The summed E-state index contributed by atoms with van der Waals surface area (Å²) in [5, 5.41) is 18.1. The lowest BCUT2D eigenvalue weighted by Gasteiger charge is -2.26. The molecule has 106 valence electrons. The van der Waals surface area contributed by atoms with Crippen LogP contribution in [0, 0.1) is 22.7 Å². The maximum absolute atomic E-state index is 12.5. The predicted octanol–water partition coefficient (Wildman–Crippen LogP) is 2.04. The summed E-state index contributed by atoms with van der Waals surface area (Å²) in [6, 6.07) is 12.1. The van der Waals surface area contributed by atoms with E-state index in [2.05, 4.69) is 4.72 Å². The number of nitriles is 2. The molecule has 0 spiro atoms. The Morgan fingerprint density at radius 1 is 1.25 bits per heavy atom. The van der Waals surface area contributed by atoms with E-state index in [0.29, 0.717) is 12.0 Å². The molecule has 1 atom stereocenters. The zero-order chi connectivity index (χ0) is 15.1. The molecule has 0 amide bonds. The average Bonchev–Trinajstić information content (AvgIpc) is 2.47. The van der Waals surface area contributed by atoms with Crippen molar-refractivity contribution in [3.8, 4) is 12.1 Å². The molecule has 5 nitrogen and oxygen atoms in total. The van der Waals surface area contributed by atoms with E-state index >= 15 is 0 Å². The number of sulfonamides is 1. The van der Waals surface area contributed by atoms with Gasteiger partial charge in [-0.2, -0.15) is 15.2 Å². The summed E-state index contributed by atoms with van der Waals surface area (Å²) < 4.78 is 25.5. The predicted molar refractivity (Wildman–Crippen MR) is 75.8 cm³/mol. The number of unbranched alkanes of at least 4 members (excludes halogenated alkanes) is 1. The molecule has 0 aromatic heterocycles. The summed E-state index contributed by atoms with van der Waals surface area (Å²) in [7, 11) is -3.96. The molecule has 1 unspecified atom stereocenters. The fourth-order valence-electron chi connectivity index (χ4n) is 2.00. The molecule has 0 saturated heterocycles. The summed E-state index contributed by atoms with van der Waals surface area (Å²) in [6.07, 6.45) is 1.59. The standard InChI is InChI=1S/C14H17N3O2S/c1-2-3-9-14(12-16,13-7-5-4-6-8-13)20(18,19)17-11-10-15/h4-8,17H,2-3,9,11H2,1H3. The topological polar surface area (TPSA) is 93.8 Å². The fourth-order valence-corrected chi connectivity index (χ4v) is 3.48. The van der Waals surface area contributed by atoms with Crippen LogP contribution in [0.1, 0.15) is 31.7 Å². The van der Waals surface area contributed by atoms with Crippen molar-refractivity contribution in [2.75, 3.05) is 6.54 Å². The quantitative estimate of drug-likeness (QED) is 0.778. The number of rotatable bonds is 7. The molecular weight excluding hydrogens is 274 g/mol. The zero-order valence-electron chi connectivity index (χ0n) is 11.3. The fraction of sp³-hybridized carbons (Fsp3) is 0.429. The van der Waals surface area contributed by atoms with E-state index in [1.54, 1.807) is 36.4 Å². The Hall–Kier alpha value is -1.89. The summed E-state index contributed by atoms with van der Waals surface area (Å²) in [6.45, 7) is 1.59. The number of nitrogens with one attached hydrogen (secondary N) is 1. The number of nitrogens with zero attached hydrogens (tertiary/aromatic N) is 2. The van der Waals surface area contributed by atoms with Crippen molar-refractivity contribution >= 4 is 10.0 Å². The summed E-state index contributed by atoms with van der Waals surface area (Å²) in [5.74, 6) is 0. The minimum absolute atomic E-state index is 0.199. The average molecular weight is 291 g/mol. The first kappa shape index (κ1) is 16.2. The van der Waals surface area contributed by atoms with Gasteiger partial charge in [0.2, 0.25) is 10.0 Å².